The minimum Gasteiger partial charge on any atom is -0.450 e. The van der Waals surface area contributed by atoms with Crippen LogP contribution in [0.1, 0.15) is 21.7 Å². The van der Waals surface area contributed by atoms with Crippen molar-refractivity contribution >= 4 is 44.5 Å². The van der Waals surface area contributed by atoms with E-state index >= 15 is 0 Å². The summed E-state index contributed by atoms with van der Waals surface area (Å²) >= 11 is 3.37. The summed E-state index contributed by atoms with van der Waals surface area (Å²) in [6.45, 7) is 3.28. The highest BCUT2D eigenvalue weighted by Crippen LogP contribution is 2.25. The van der Waals surface area contributed by atoms with Crippen LogP contribution >= 0.6 is 15.9 Å². The molecule has 128 valence electrons. The summed E-state index contributed by atoms with van der Waals surface area (Å²) < 4.78 is 11.5. The number of furan rings is 1. The number of hydrogen-bond donors (Lipinski definition) is 1. The van der Waals surface area contributed by atoms with E-state index in [0.717, 1.165) is 15.4 Å². The number of fused-ring (bicyclic) bond motifs is 1. The Morgan fingerprint density at radius 2 is 1.92 bits per heavy atom. The number of rotatable bonds is 4. The number of anilines is 1. The lowest BCUT2D eigenvalue weighted by molar-refractivity contribution is -0.119. The summed E-state index contributed by atoms with van der Waals surface area (Å²) in [5, 5.41) is 3.57. The number of hydrogen-bond acceptors (Lipinski definition) is 4. The zero-order valence-electron chi connectivity index (χ0n) is 13.8. The van der Waals surface area contributed by atoms with Gasteiger partial charge in [0.25, 0.3) is 5.91 Å². The molecule has 6 heteroatoms. The zero-order chi connectivity index (χ0) is 18.0. The van der Waals surface area contributed by atoms with Gasteiger partial charge in [-0.2, -0.15) is 0 Å². The summed E-state index contributed by atoms with van der Waals surface area (Å²) in [4.78, 5) is 24.2. The highest BCUT2D eigenvalue weighted by atomic mass is 79.9. The van der Waals surface area contributed by atoms with E-state index in [2.05, 4.69) is 21.2 Å². The number of ether oxygens (including phenoxy) is 1. The smallest absolute Gasteiger partial charge is 0.375 e. The Morgan fingerprint density at radius 1 is 1.16 bits per heavy atom. The van der Waals surface area contributed by atoms with E-state index < -0.39 is 11.9 Å². The maximum atomic E-state index is 12.2. The molecule has 1 heterocycles. The predicted octanol–water partition coefficient (Wildman–Crippen LogP) is 4.61. The summed E-state index contributed by atoms with van der Waals surface area (Å²) in [5.74, 6) is -0.947. The number of benzene rings is 2. The van der Waals surface area contributed by atoms with Gasteiger partial charge in [0.15, 0.2) is 6.61 Å². The van der Waals surface area contributed by atoms with Crippen LogP contribution in [0.5, 0.6) is 0 Å². The van der Waals surface area contributed by atoms with Crippen LogP contribution in [0.25, 0.3) is 11.0 Å². The first-order valence-electron chi connectivity index (χ1n) is 7.67. The molecule has 0 bridgehead atoms. The SMILES string of the molecule is Cc1cc(Br)ccc1NC(=O)COC(=O)c1oc2ccccc2c1C. The van der Waals surface area contributed by atoms with Crippen LogP contribution in [-0.4, -0.2) is 18.5 Å². The predicted molar refractivity (Wildman–Crippen MR) is 98.7 cm³/mol. The van der Waals surface area contributed by atoms with Gasteiger partial charge in [0, 0.05) is 21.1 Å². The molecule has 0 spiro atoms. The second-order valence-electron chi connectivity index (χ2n) is 5.64. The lowest BCUT2D eigenvalue weighted by Crippen LogP contribution is -2.21. The van der Waals surface area contributed by atoms with Crippen LogP contribution < -0.4 is 5.32 Å². The van der Waals surface area contributed by atoms with E-state index in [1.165, 1.54) is 0 Å². The average molecular weight is 402 g/mol. The first kappa shape index (κ1) is 17.2. The molecule has 0 fully saturated rings. The van der Waals surface area contributed by atoms with Crippen molar-refractivity contribution < 1.29 is 18.7 Å². The van der Waals surface area contributed by atoms with Gasteiger partial charge in [-0.25, -0.2) is 4.79 Å². The number of esters is 1. The van der Waals surface area contributed by atoms with Gasteiger partial charge in [-0.15, -0.1) is 0 Å². The Balaban J connectivity index is 1.65. The molecule has 0 aliphatic heterocycles. The molecule has 3 rings (SSSR count). The summed E-state index contributed by atoms with van der Waals surface area (Å²) in [6.07, 6.45) is 0. The second-order valence-corrected chi connectivity index (χ2v) is 6.55. The Morgan fingerprint density at radius 3 is 2.64 bits per heavy atom. The molecule has 25 heavy (non-hydrogen) atoms. The number of amides is 1. The number of para-hydroxylation sites is 1. The van der Waals surface area contributed by atoms with Crippen molar-refractivity contribution in [2.24, 2.45) is 0 Å². The van der Waals surface area contributed by atoms with Crippen molar-refractivity contribution in [3.05, 3.63) is 63.8 Å². The van der Waals surface area contributed by atoms with Gasteiger partial charge in [0.05, 0.1) is 0 Å². The van der Waals surface area contributed by atoms with Crippen molar-refractivity contribution in [2.45, 2.75) is 13.8 Å². The molecule has 3 aromatic rings. The molecule has 0 radical (unpaired) electrons. The van der Waals surface area contributed by atoms with Gasteiger partial charge in [-0.05, 0) is 43.7 Å². The summed E-state index contributed by atoms with van der Waals surface area (Å²) in [7, 11) is 0. The van der Waals surface area contributed by atoms with Crippen molar-refractivity contribution in [3.63, 3.8) is 0 Å². The lowest BCUT2D eigenvalue weighted by atomic mass is 10.1. The lowest BCUT2D eigenvalue weighted by Gasteiger charge is -2.09. The van der Waals surface area contributed by atoms with E-state index in [4.69, 9.17) is 9.15 Å². The van der Waals surface area contributed by atoms with E-state index in [1.807, 2.05) is 37.3 Å². The number of carbonyl (C=O) groups is 2. The molecule has 5 nitrogen and oxygen atoms in total. The fourth-order valence-corrected chi connectivity index (χ4v) is 2.99. The first-order chi connectivity index (χ1) is 12.0. The Bertz CT molecular complexity index is 961. The zero-order valence-corrected chi connectivity index (χ0v) is 15.3. The van der Waals surface area contributed by atoms with Crippen molar-refractivity contribution in [2.75, 3.05) is 11.9 Å². The summed E-state index contributed by atoms with van der Waals surface area (Å²) in [5.41, 5.74) is 2.89. The van der Waals surface area contributed by atoms with Crippen molar-refractivity contribution in [1.29, 1.82) is 0 Å². The molecule has 0 aliphatic rings. The Hall–Kier alpha value is -2.60. The normalized spacial score (nSPS) is 10.7. The molecule has 0 unspecified atom stereocenters. The van der Waals surface area contributed by atoms with E-state index in [-0.39, 0.29) is 12.4 Å². The largest absolute Gasteiger partial charge is 0.450 e. The number of nitrogens with one attached hydrogen (secondary N) is 1. The van der Waals surface area contributed by atoms with Gasteiger partial charge in [-0.3, -0.25) is 4.79 Å². The first-order valence-corrected chi connectivity index (χ1v) is 8.46. The topological polar surface area (TPSA) is 68.5 Å². The number of carbonyl (C=O) groups excluding carboxylic acids is 2. The van der Waals surface area contributed by atoms with Crippen LogP contribution in [0, 0.1) is 13.8 Å². The maximum absolute atomic E-state index is 12.2. The number of halogens is 1. The van der Waals surface area contributed by atoms with E-state index in [9.17, 15) is 9.59 Å². The Labute approximate surface area is 153 Å². The van der Waals surface area contributed by atoms with Crippen LogP contribution in [0.3, 0.4) is 0 Å². The second kappa shape index (κ2) is 7.11. The quantitative estimate of drug-likeness (QED) is 0.648. The fraction of sp³-hybridized carbons (Fsp3) is 0.158. The number of aryl methyl sites for hydroxylation is 2. The van der Waals surface area contributed by atoms with E-state index in [1.54, 1.807) is 19.1 Å². The average Bonchev–Trinajstić information content (AvgIpc) is 2.93. The molecule has 0 saturated carbocycles. The van der Waals surface area contributed by atoms with Gasteiger partial charge in [-0.1, -0.05) is 34.1 Å². The van der Waals surface area contributed by atoms with Gasteiger partial charge >= 0.3 is 5.97 Å². The molecular formula is C19H16BrNO4. The highest BCUT2D eigenvalue weighted by molar-refractivity contribution is 9.10. The molecule has 1 amide bonds. The van der Waals surface area contributed by atoms with Crippen molar-refractivity contribution in [1.82, 2.24) is 0 Å². The minimum atomic E-state index is -0.656. The standard InChI is InChI=1S/C19H16BrNO4/c1-11-9-13(20)7-8-15(11)21-17(22)10-24-19(23)18-12(2)14-5-3-4-6-16(14)25-18/h3-9H,10H2,1-2H3,(H,21,22). The van der Waals surface area contributed by atoms with E-state index in [0.29, 0.717) is 16.8 Å². The molecule has 1 aromatic heterocycles. The molecule has 2 aromatic carbocycles. The van der Waals surface area contributed by atoms with Gasteiger partial charge in [0.2, 0.25) is 5.76 Å². The molecular weight excluding hydrogens is 386 g/mol. The van der Waals surface area contributed by atoms with Crippen LogP contribution in [0.15, 0.2) is 51.4 Å². The van der Waals surface area contributed by atoms with Crippen LogP contribution in [-0.2, 0) is 9.53 Å². The third-order valence-corrected chi connectivity index (χ3v) is 4.32. The maximum Gasteiger partial charge on any atom is 0.375 e. The molecule has 0 aliphatic carbocycles. The molecule has 0 atom stereocenters. The van der Waals surface area contributed by atoms with Crippen molar-refractivity contribution in [3.8, 4) is 0 Å². The third kappa shape index (κ3) is 3.74. The molecule has 1 N–H and O–H groups in total. The fourth-order valence-electron chi connectivity index (χ4n) is 2.52. The third-order valence-electron chi connectivity index (χ3n) is 3.83. The Kier molecular flexibility index (Phi) is 4.90. The van der Waals surface area contributed by atoms with Gasteiger partial charge in [0.1, 0.15) is 5.58 Å². The monoisotopic (exact) mass is 401 g/mol. The highest BCUT2D eigenvalue weighted by Gasteiger charge is 2.19. The van der Waals surface area contributed by atoms with Gasteiger partial charge < -0.3 is 14.5 Å². The van der Waals surface area contributed by atoms with Crippen LogP contribution in [0.2, 0.25) is 0 Å². The summed E-state index contributed by atoms with van der Waals surface area (Å²) in [6, 6.07) is 12.8. The molecule has 0 saturated heterocycles. The van der Waals surface area contributed by atoms with Crippen LogP contribution in [0.4, 0.5) is 5.69 Å². The minimum absolute atomic E-state index is 0.119.